The van der Waals surface area contributed by atoms with Gasteiger partial charge in [-0.05, 0) is 118 Å². The lowest BCUT2D eigenvalue weighted by Gasteiger charge is -2.36. The van der Waals surface area contributed by atoms with Crippen molar-refractivity contribution in [3.63, 3.8) is 0 Å². The molecule has 1 aliphatic rings. The Morgan fingerprint density at radius 2 is 1.28 bits per heavy atom. The van der Waals surface area contributed by atoms with Crippen LogP contribution in [0.4, 0.5) is 34.1 Å². The highest BCUT2D eigenvalue weighted by atomic mass is 35.5. The number of anilines is 6. The number of hydrogen-bond acceptors (Lipinski definition) is 4. The van der Waals surface area contributed by atoms with Gasteiger partial charge in [-0.15, -0.1) is 11.3 Å². The number of rotatable bonds is 5. The second-order valence-electron chi connectivity index (χ2n) is 17.5. The number of fused-ring (bicyclic) bond motifs is 9. The van der Waals surface area contributed by atoms with Crippen LogP contribution in [0.3, 0.4) is 0 Å². The molecule has 65 heavy (non-hydrogen) atoms. The van der Waals surface area contributed by atoms with Crippen LogP contribution in [0.1, 0.15) is 95.2 Å². The lowest BCUT2D eigenvalue weighted by Crippen LogP contribution is -2.21. The second kappa shape index (κ2) is 14.4. The molecule has 3 aromatic heterocycles. The summed E-state index contributed by atoms with van der Waals surface area (Å²) in [5.74, 6) is 0. The fourth-order valence-corrected chi connectivity index (χ4v) is 9.35. The minimum atomic E-state index is -1.18. The Hall–Kier alpha value is -6.79. The summed E-state index contributed by atoms with van der Waals surface area (Å²) in [6, 6.07) is -19.6. The van der Waals surface area contributed by atoms with Gasteiger partial charge in [-0.2, -0.15) is 0 Å². The average Bonchev–Trinajstić information content (AvgIpc) is 1.45. The molecule has 0 saturated heterocycles. The number of para-hydroxylation sites is 2. The first-order chi connectivity index (χ1) is 42.6. The van der Waals surface area contributed by atoms with E-state index >= 15 is 0 Å². The van der Waals surface area contributed by atoms with Crippen LogP contribution in [0, 0.1) is 6.92 Å². The highest BCUT2D eigenvalue weighted by molar-refractivity contribution is 7.26. The molecule has 12 rings (SSSR count). The summed E-state index contributed by atoms with van der Waals surface area (Å²) in [5, 5.41) is -2.41. The molecule has 0 bridgehead atoms. The average molecular weight is 910 g/mol. The molecule has 0 unspecified atom stereocenters. The molecule has 8 aromatic carbocycles. The molecule has 0 amide bonds. The van der Waals surface area contributed by atoms with Gasteiger partial charge in [-0.3, -0.25) is 0 Å². The third-order valence-electron chi connectivity index (χ3n) is 11.1. The topological polar surface area (TPSA) is 24.6 Å². The molecule has 0 atom stereocenters. The molecule has 0 N–H and O–H groups in total. The van der Waals surface area contributed by atoms with E-state index in [1.807, 2.05) is 0 Å². The van der Waals surface area contributed by atoms with Gasteiger partial charge in [0.1, 0.15) is 13.2 Å². The van der Waals surface area contributed by atoms with E-state index < -0.39 is 223 Å². The van der Waals surface area contributed by atoms with Crippen LogP contribution in [-0.4, -0.2) is 4.57 Å². The maximum absolute atomic E-state index is 10.4. The Morgan fingerprint density at radius 1 is 0.554 bits per heavy atom. The molecule has 0 radical (unpaired) electrons. The summed E-state index contributed by atoms with van der Waals surface area (Å²) in [7, 11) is 0. The molecule has 4 heterocycles. The van der Waals surface area contributed by atoms with Gasteiger partial charge in [-0.1, -0.05) is 138 Å². The van der Waals surface area contributed by atoms with Crippen molar-refractivity contribution in [3.05, 3.63) is 185 Å². The highest BCUT2D eigenvalue weighted by Gasteiger charge is 2.34. The number of halogens is 1. The number of hydrogen-bond donors (Lipinski definition) is 0. The summed E-state index contributed by atoms with van der Waals surface area (Å²) in [4.78, 5) is 1.87. The van der Waals surface area contributed by atoms with Gasteiger partial charge < -0.3 is 18.8 Å². The lowest BCUT2D eigenvalue weighted by atomic mass is 9.84. The van der Waals surface area contributed by atoms with Crippen molar-refractivity contribution in [2.45, 2.75) is 59.3 Å². The van der Waals surface area contributed by atoms with Crippen LogP contribution >= 0.6 is 22.9 Å². The largest absolute Gasteiger partial charge is 0.462 e. The van der Waals surface area contributed by atoms with Crippen molar-refractivity contribution in [2.24, 2.45) is 0 Å². The number of benzene rings is 8. The Kier molecular flexibility index (Phi) is 4.55. The second-order valence-corrected chi connectivity index (χ2v) is 18.9. The Balaban J connectivity index is 1.35. The van der Waals surface area contributed by atoms with Gasteiger partial charge in [0.25, 0.3) is 0 Å². The first kappa shape index (κ1) is 20.6. The van der Waals surface area contributed by atoms with E-state index in [2.05, 4.69) is 0 Å². The lowest BCUT2D eigenvalue weighted by molar-refractivity contribution is 0.590. The fourth-order valence-electron chi connectivity index (χ4n) is 8.04. The molecule has 4 nitrogen and oxygen atoms in total. The van der Waals surface area contributed by atoms with E-state index in [1.165, 1.54) is 11.5 Å². The Labute approximate surface area is 426 Å². The minimum absolute atomic E-state index is 0.0231. The Bertz CT molecular complexity index is 5300. The molecule has 318 valence electrons. The number of aromatic nitrogens is 1. The van der Waals surface area contributed by atoms with Crippen molar-refractivity contribution >= 4 is 110 Å². The van der Waals surface area contributed by atoms with Crippen molar-refractivity contribution in [2.75, 3.05) is 9.80 Å². The number of nitrogens with zero attached hydrogens (tertiary/aromatic N) is 3. The van der Waals surface area contributed by atoms with Crippen molar-refractivity contribution in [3.8, 4) is 16.8 Å². The minimum Gasteiger partial charge on any atom is -0.462 e. The maximum Gasteiger partial charge on any atom is 0.136 e. The van der Waals surface area contributed by atoms with Crippen molar-refractivity contribution in [1.82, 2.24) is 4.57 Å². The smallest absolute Gasteiger partial charge is 0.136 e. The van der Waals surface area contributed by atoms with E-state index in [0.717, 1.165) is 9.80 Å². The molecule has 11 aromatic rings. The monoisotopic (exact) mass is 908 g/mol. The van der Waals surface area contributed by atoms with Crippen molar-refractivity contribution in [1.29, 1.82) is 0 Å². The summed E-state index contributed by atoms with van der Waals surface area (Å²) in [6.07, 6.45) is -1.07. The van der Waals surface area contributed by atoms with Crippen LogP contribution in [0.5, 0.6) is 0 Å². The summed E-state index contributed by atoms with van der Waals surface area (Å²) < 4.78 is 261. The summed E-state index contributed by atoms with van der Waals surface area (Å²) in [5.41, 5.74) is -9.44. The first-order valence-electron chi connectivity index (χ1n) is 33.8. The predicted molar refractivity (Wildman–Crippen MR) is 279 cm³/mol. The molecule has 0 aliphatic carbocycles. The van der Waals surface area contributed by atoms with Gasteiger partial charge in [0.15, 0.2) is 0 Å². The van der Waals surface area contributed by atoms with Gasteiger partial charge in [0.2, 0.25) is 0 Å². The number of furan rings is 1. The van der Waals surface area contributed by atoms with Gasteiger partial charge in [-0.25, -0.2) is 0 Å². The zero-order valence-corrected chi connectivity index (χ0v) is 37.1. The highest BCUT2D eigenvalue weighted by Crippen LogP contribution is 2.56. The normalized spacial score (nSPS) is 18.7. The van der Waals surface area contributed by atoms with E-state index in [9.17, 15) is 23.3 Å². The Morgan fingerprint density at radius 3 is 2.08 bits per heavy atom. The van der Waals surface area contributed by atoms with Crippen LogP contribution in [0.15, 0.2) is 168 Å². The van der Waals surface area contributed by atoms with Crippen LogP contribution in [-0.2, 0) is 10.8 Å². The van der Waals surface area contributed by atoms with E-state index in [1.54, 1.807) is 41.5 Å². The molecule has 0 saturated carbocycles. The van der Waals surface area contributed by atoms with Crippen LogP contribution in [0.25, 0.3) is 69.8 Å². The maximum atomic E-state index is 10.4. The zero-order valence-electron chi connectivity index (χ0n) is 62.5. The predicted octanol–water partition coefficient (Wildman–Crippen LogP) is 18.4. The third kappa shape index (κ3) is 6.16. The SMILES string of the molecule is [2H]c1oc2c([2H])c([2H])c(-c3c([2H])c([2H])c([2H])c([2H])c3[2H])c([2H])c2c1N(c1c([2H])c(C)c([2H])c(N2c3c([2H])c([2H])c([2H])c([2H])c3-n3c4c([2H])c([2H])c(C(C)(C)C)c([2H])c4c4c([2H])c(C(C)(C)C)c([2H])c2c43)c1Cl)c1c([2H])c([2H])c([2H])c2c1sc1c([2H])c([2H])c([2H])c([2H])c12. The molecular weight excluding hydrogens is 834 g/mol. The first-order valence-corrected chi connectivity index (χ1v) is 21.5. The van der Waals surface area contributed by atoms with Crippen LogP contribution in [0.2, 0.25) is 5.02 Å². The fraction of sp³-hybridized carbons (Fsp3) is 0.153. The van der Waals surface area contributed by atoms with Gasteiger partial charge in [0, 0.05) is 31.6 Å². The molecular formula is C59H48ClN3OS. The standard InChI is InChI=1S/C59H48ClN3OS/c1-35-28-49(61-46-20-12-13-21-47(46)63-45-26-25-38(58(2,3)4)31-42(45)43-32-39(59(5,6)7)33-51(61)56(43)63)55(60)50(29-35)62(48-22-15-19-41-40-18-11-14-23-54(40)65-57(41)48)52-34-64-53-27-24-37(30-44(52)53)36-16-9-8-10-17-36/h8-34H,1-7H3/i8D,9D,10D,11D,12D,13D,14D,15D,16D,17D,18D,19D,20D,21D,22D,23D,24D,25D,26D,27D,28D,29D,30D,31D,32D,33D,34D. The van der Waals surface area contributed by atoms with Crippen LogP contribution < -0.4 is 9.80 Å². The number of thiophene rings is 1. The van der Waals surface area contributed by atoms with E-state index in [0.29, 0.717) is 11.3 Å². The quantitative estimate of drug-likeness (QED) is 0.172. The molecule has 0 fully saturated rings. The zero-order chi connectivity index (χ0) is 68.0. The van der Waals surface area contributed by atoms with Crippen molar-refractivity contribution < 1.29 is 41.4 Å². The van der Waals surface area contributed by atoms with E-state index in [4.69, 9.17) is 29.7 Å². The van der Waals surface area contributed by atoms with E-state index in [-0.39, 0.29) is 76.4 Å². The third-order valence-corrected chi connectivity index (χ3v) is 12.6. The molecule has 0 spiro atoms. The summed E-state index contributed by atoms with van der Waals surface area (Å²) in [6.45, 7) is 11.5. The molecule has 6 heteroatoms. The van der Waals surface area contributed by atoms with Gasteiger partial charge >= 0.3 is 0 Å². The van der Waals surface area contributed by atoms with Gasteiger partial charge in [0.05, 0.1) is 96.2 Å². The molecule has 1 aliphatic heterocycles. The summed E-state index contributed by atoms with van der Waals surface area (Å²) >= 11 is 8.58.